The quantitative estimate of drug-likeness (QED) is 0.465. The molecule has 0 saturated carbocycles. The van der Waals surface area contributed by atoms with Gasteiger partial charge < -0.3 is 0 Å². The average molecular weight is 147 g/mol. The summed E-state index contributed by atoms with van der Waals surface area (Å²) in [6.45, 7) is 0. The Kier molecular flexibility index (Phi) is 2.61. The Balaban J connectivity index is 2.67. The summed E-state index contributed by atoms with van der Waals surface area (Å²) in [6.07, 6.45) is 0. The van der Waals surface area contributed by atoms with Gasteiger partial charge in [0.25, 0.3) is 0 Å². The van der Waals surface area contributed by atoms with Crippen LogP contribution in [0.3, 0.4) is 0 Å². The molecule has 1 aromatic carbocycles. The Labute approximate surface area is 62.0 Å². The maximum Gasteiger partial charge on any atom is 0.228 e. The van der Waals surface area contributed by atoms with E-state index in [1.807, 2.05) is 36.3 Å². The molecule has 0 heterocycles. The maximum absolute atomic E-state index is 6.56. The van der Waals surface area contributed by atoms with Gasteiger partial charge in [0, 0.05) is 0 Å². The summed E-state index contributed by atoms with van der Waals surface area (Å²) >= 11 is 0. The molecule has 3 heteroatoms. The summed E-state index contributed by atoms with van der Waals surface area (Å²) < 4.78 is 3.74. The van der Waals surface area contributed by atoms with E-state index in [0.29, 0.717) is 0 Å². The van der Waals surface area contributed by atoms with E-state index < -0.39 is 0 Å². The first-order chi connectivity index (χ1) is 4.93. The fourth-order valence-electron chi connectivity index (χ4n) is 0.646. The van der Waals surface area contributed by atoms with E-state index in [2.05, 4.69) is 4.66 Å². The Morgan fingerprint density at radius 2 is 2.00 bits per heavy atom. The van der Waals surface area contributed by atoms with E-state index in [0.717, 1.165) is 0 Å². The van der Waals surface area contributed by atoms with Crippen molar-refractivity contribution in [2.24, 2.45) is 4.66 Å². The molecule has 0 bridgehead atoms. The highest BCUT2D eigenvalue weighted by molar-refractivity contribution is 6.52. The van der Waals surface area contributed by atoms with E-state index in [-0.39, 0.29) is 9.68 Å². The molecule has 0 saturated heterocycles. The number of nitrogens with zero attached hydrogens (tertiary/aromatic N) is 1. The molecule has 1 radical (unpaired) electrons. The van der Waals surface area contributed by atoms with Crippen LogP contribution in [0.5, 0.6) is 0 Å². The molecule has 0 spiro atoms. The first-order valence-electron chi connectivity index (χ1n) is 2.93. The van der Waals surface area contributed by atoms with Gasteiger partial charge in [-0.3, -0.25) is 4.66 Å². The van der Waals surface area contributed by atoms with Crippen LogP contribution in [-0.2, 0) is 0 Å². The van der Waals surface area contributed by atoms with Crippen molar-refractivity contribution in [3.8, 4) is 0 Å². The van der Waals surface area contributed by atoms with Crippen LogP contribution in [0.25, 0.3) is 0 Å². The molecular weight excluding hydrogens is 140 g/mol. The van der Waals surface area contributed by atoms with Gasteiger partial charge in [-0.05, 0) is 5.19 Å². The summed E-state index contributed by atoms with van der Waals surface area (Å²) in [7, 11) is -0.127. The molecule has 0 aromatic heterocycles. The third kappa shape index (κ3) is 1.97. The zero-order valence-electron chi connectivity index (χ0n) is 5.41. The molecule has 0 aliphatic carbocycles. The summed E-state index contributed by atoms with van der Waals surface area (Å²) in [5, 5.41) is 7.75. The first-order valence-corrected chi connectivity index (χ1v) is 4.02. The van der Waals surface area contributed by atoms with Gasteiger partial charge in [0.1, 0.15) is 0 Å². The molecule has 10 heavy (non-hydrogen) atoms. The molecule has 0 unspecified atom stereocenters. The molecule has 0 aliphatic heterocycles. The summed E-state index contributed by atoms with van der Waals surface area (Å²) in [5.41, 5.74) is 0. The molecule has 49 valence electrons. The largest absolute Gasteiger partial charge is 0.266 e. The lowest BCUT2D eigenvalue weighted by atomic mass is 10.4. The van der Waals surface area contributed by atoms with Gasteiger partial charge in [0.2, 0.25) is 9.68 Å². The lowest BCUT2D eigenvalue weighted by molar-refractivity contribution is 1.56. The molecule has 1 N–H and O–H groups in total. The summed E-state index contributed by atoms with van der Waals surface area (Å²) in [5.74, 6) is 0. The van der Waals surface area contributed by atoms with E-state index in [4.69, 9.17) is 5.41 Å². The molecule has 0 amide bonds. The minimum absolute atomic E-state index is 0.127. The fraction of sp³-hybridized carbons (Fsp3) is 0. The van der Waals surface area contributed by atoms with Crippen LogP contribution in [0.1, 0.15) is 0 Å². The van der Waals surface area contributed by atoms with Crippen molar-refractivity contribution >= 4 is 20.9 Å². The van der Waals surface area contributed by atoms with E-state index in [1.165, 1.54) is 5.19 Å². The smallest absolute Gasteiger partial charge is 0.228 e. The second kappa shape index (κ2) is 3.77. The number of nitrogens with one attached hydrogen (secondary N) is 1. The van der Waals surface area contributed by atoms with Crippen LogP contribution in [-0.4, -0.2) is 15.7 Å². The summed E-state index contributed by atoms with van der Waals surface area (Å²) in [6, 6.07) is 12.0. The molecule has 0 aliphatic rings. The van der Waals surface area contributed by atoms with Crippen molar-refractivity contribution in [1.82, 2.24) is 0 Å². The second-order valence-corrected chi connectivity index (χ2v) is 2.96. The van der Waals surface area contributed by atoms with Crippen molar-refractivity contribution in [1.29, 1.82) is 5.41 Å². The Morgan fingerprint density at radius 1 is 1.30 bits per heavy atom. The van der Waals surface area contributed by atoms with Crippen LogP contribution < -0.4 is 5.19 Å². The molecule has 1 aromatic rings. The van der Waals surface area contributed by atoms with Crippen molar-refractivity contribution in [2.45, 2.75) is 0 Å². The lowest BCUT2D eigenvalue weighted by Crippen LogP contribution is -2.09. The highest BCUT2D eigenvalue weighted by Crippen LogP contribution is 1.80. The highest BCUT2D eigenvalue weighted by Gasteiger charge is 1.86. The predicted octanol–water partition coefficient (Wildman–Crippen LogP) is 0.416. The monoisotopic (exact) mass is 147 g/mol. The van der Waals surface area contributed by atoms with Crippen molar-refractivity contribution < 1.29 is 0 Å². The second-order valence-electron chi connectivity index (χ2n) is 1.78. The maximum atomic E-state index is 6.56. The minimum atomic E-state index is -0.127. The molecule has 0 fully saturated rings. The molecular formula is C7H7N2Si. The van der Waals surface area contributed by atoms with Crippen molar-refractivity contribution in [3.05, 3.63) is 30.3 Å². The van der Waals surface area contributed by atoms with Gasteiger partial charge in [0.05, 0.1) is 6.01 Å². The Morgan fingerprint density at radius 3 is 2.60 bits per heavy atom. The molecule has 0 atom stereocenters. The topological polar surface area (TPSA) is 36.2 Å². The van der Waals surface area contributed by atoms with Gasteiger partial charge in [-0.25, -0.2) is 5.41 Å². The van der Waals surface area contributed by atoms with E-state index in [1.54, 1.807) is 0 Å². The fourth-order valence-corrected chi connectivity index (χ4v) is 1.25. The highest BCUT2D eigenvalue weighted by atomic mass is 28.2. The summed E-state index contributed by atoms with van der Waals surface area (Å²) in [4.78, 5) is 0. The van der Waals surface area contributed by atoms with Gasteiger partial charge in [-0.15, -0.1) is 0 Å². The van der Waals surface area contributed by atoms with Crippen LogP contribution >= 0.6 is 0 Å². The Bertz CT molecular complexity index is 239. The SMILES string of the molecule is N=C=N[SiH]c1ccccc1. The standard InChI is InChI=1S/C7H7N2Si/c8-6-9-10-7-4-2-1-3-5-7/h1-5,8,10H. The Hall–Kier alpha value is -1.18. The zero-order valence-corrected chi connectivity index (χ0v) is 6.57. The molecule has 2 nitrogen and oxygen atoms in total. The first kappa shape index (κ1) is 6.93. The van der Waals surface area contributed by atoms with E-state index in [9.17, 15) is 0 Å². The lowest BCUT2D eigenvalue weighted by Gasteiger charge is -1.88. The molecule has 1 rings (SSSR count). The zero-order chi connectivity index (χ0) is 7.23. The van der Waals surface area contributed by atoms with Gasteiger partial charge in [-0.2, -0.15) is 0 Å². The van der Waals surface area contributed by atoms with Crippen LogP contribution in [0.15, 0.2) is 35.0 Å². The van der Waals surface area contributed by atoms with Gasteiger partial charge in [-0.1, -0.05) is 30.3 Å². The normalized spacial score (nSPS) is 8.40. The number of rotatable bonds is 2. The number of hydrogen-bond donors (Lipinski definition) is 1. The van der Waals surface area contributed by atoms with Crippen LogP contribution in [0.4, 0.5) is 0 Å². The van der Waals surface area contributed by atoms with Gasteiger partial charge >= 0.3 is 0 Å². The predicted molar refractivity (Wildman–Crippen MR) is 43.4 cm³/mol. The van der Waals surface area contributed by atoms with Gasteiger partial charge in [0.15, 0.2) is 0 Å². The number of benzene rings is 1. The van der Waals surface area contributed by atoms with Crippen LogP contribution in [0, 0.1) is 5.41 Å². The van der Waals surface area contributed by atoms with Crippen molar-refractivity contribution in [3.63, 3.8) is 0 Å². The third-order valence-electron chi connectivity index (χ3n) is 1.08. The minimum Gasteiger partial charge on any atom is -0.266 e. The van der Waals surface area contributed by atoms with Crippen molar-refractivity contribution in [2.75, 3.05) is 0 Å². The third-order valence-corrected chi connectivity index (χ3v) is 2.02. The van der Waals surface area contributed by atoms with E-state index >= 15 is 0 Å². The number of hydrogen-bond acceptors (Lipinski definition) is 2. The average Bonchev–Trinajstić information content (AvgIpc) is 2.03. The van der Waals surface area contributed by atoms with Crippen LogP contribution in [0.2, 0.25) is 0 Å².